The molecule has 2 aliphatic rings. The average molecular weight is 414 g/mol. The van der Waals surface area contributed by atoms with Gasteiger partial charge in [0.25, 0.3) is 5.91 Å². The third kappa shape index (κ3) is 4.29. The summed E-state index contributed by atoms with van der Waals surface area (Å²) in [5.41, 5.74) is 1.00. The van der Waals surface area contributed by atoms with Crippen molar-refractivity contribution in [3.63, 3.8) is 0 Å². The van der Waals surface area contributed by atoms with E-state index < -0.39 is 9.84 Å². The van der Waals surface area contributed by atoms with Crippen LogP contribution in [0, 0.1) is 0 Å². The van der Waals surface area contributed by atoms with Gasteiger partial charge < -0.3 is 10.2 Å². The quantitative estimate of drug-likeness (QED) is 0.800. The first-order valence-electron chi connectivity index (χ1n) is 10.4. The van der Waals surface area contributed by atoms with Crippen LogP contribution in [0.25, 0.3) is 0 Å². The molecule has 29 heavy (non-hydrogen) atoms. The molecule has 1 aromatic heterocycles. The Hall–Kier alpha value is -2.41. The molecule has 1 N–H and O–H groups in total. The molecule has 154 valence electrons. The predicted molar refractivity (Wildman–Crippen MR) is 114 cm³/mol. The van der Waals surface area contributed by atoms with Crippen molar-refractivity contribution in [1.82, 2.24) is 4.98 Å². The highest BCUT2D eigenvalue weighted by Gasteiger charge is 2.30. The number of amides is 1. The number of piperidine rings is 1. The van der Waals surface area contributed by atoms with Crippen LogP contribution in [0.2, 0.25) is 0 Å². The SMILES string of the molecule is O=C(Nc1cccc(S(=O)(=O)C2CCCC2)c1)c1cccnc1N1CCCCC1. The summed E-state index contributed by atoms with van der Waals surface area (Å²) in [6, 6.07) is 10.1. The monoisotopic (exact) mass is 413 g/mol. The molecule has 1 saturated heterocycles. The third-order valence-electron chi connectivity index (χ3n) is 5.85. The summed E-state index contributed by atoms with van der Waals surface area (Å²) < 4.78 is 25.7. The van der Waals surface area contributed by atoms with Gasteiger partial charge in [-0.25, -0.2) is 13.4 Å². The van der Waals surface area contributed by atoms with Crippen LogP contribution in [0.1, 0.15) is 55.3 Å². The summed E-state index contributed by atoms with van der Waals surface area (Å²) in [5.74, 6) is 0.425. The van der Waals surface area contributed by atoms with Crippen LogP contribution in [-0.4, -0.2) is 37.6 Å². The smallest absolute Gasteiger partial charge is 0.259 e. The molecule has 1 aliphatic carbocycles. The Morgan fingerprint density at radius 1 is 1.00 bits per heavy atom. The zero-order valence-electron chi connectivity index (χ0n) is 16.5. The normalized spacial score (nSPS) is 18.0. The molecule has 6 nitrogen and oxygen atoms in total. The first-order chi connectivity index (χ1) is 14.1. The topological polar surface area (TPSA) is 79.4 Å². The Morgan fingerprint density at radius 2 is 1.76 bits per heavy atom. The number of anilines is 2. The van der Waals surface area contributed by atoms with Gasteiger partial charge in [-0.05, 0) is 62.4 Å². The van der Waals surface area contributed by atoms with Crippen molar-refractivity contribution in [1.29, 1.82) is 0 Å². The predicted octanol–water partition coefficient (Wildman–Crippen LogP) is 4.04. The van der Waals surface area contributed by atoms with Crippen LogP contribution >= 0.6 is 0 Å². The van der Waals surface area contributed by atoms with Gasteiger partial charge in [0.1, 0.15) is 5.82 Å². The van der Waals surface area contributed by atoms with E-state index in [1.54, 1.807) is 42.6 Å². The fraction of sp³-hybridized carbons (Fsp3) is 0.455. The lowest BCUT2D eigenvalue weighted by Gasteiger charge is -2.29. The fourth-order valence-corrected chi connectivity index (χ4v) is 6.17. The number of benzene rings is 1. The van der Waals surface area contributed by atoms with Crippen molar-refractivity contribution in [3.8, 4) is 0 Å². The number of sulfone groups is 1. The second-order valence-corrected chi connectivity index (χ2v) is 10.1. The highest BCUT2D eigenvalue weighted by Crippen LogP contribution is 2.31. The van der Waals surface area contributed by atoms with E-state index >= 15 is 0 Å². The molecule has 1 saturated carbocycles. The summed E-state index contributed by atoms with van der Waals surface area (Å²) in [6.07, 6.45) is 8.45. The van der Waals surface area contributed by atoms with Gasteiger partial charge in [0, 0.05) is 25.0 Å². The van der Waals surface area contributed by atoms with Gasteiger partial charge in [-0.1, -0.05) is 18.9 Å². The molecule has 0 spiro atoms. The summed E-state index contributed by atoms with van der Waals surface area (Å²) in [6.45, 7) is 1.79. The molecule has 2 aromatic rings. The van der Waals surface area contributed by atoms with E-state index in [2.05, 4.69) is 15.2 Å². The fourth-order valence-electron chi connectivity index (χ4n) is 4.27. The van der Waals surface area contributed by atoms with Crippen molar-refractivity contribution in [2.75, 3.05) is 23.3 Å². The van der Waals surface area contributed by atoms with Crippen molar-refractivity contribution in [3.05, 3.63) is 48.2 Å². The van der Waals surface area contributed by atoms with E-state index in [-0.39, 0.29) is 16.1 Å². The molecule has 4 rings (SSSR count). The van der Waals surface area contributed by atoms with E-state index in [1.165, 1.54) is 6.42 Å². The third-order valence-corrected chi connectivity index (χ3v) is 8.11. The van der Waals surface area contributed by atoms with Crippen molar-refractivity contribution < 1.29 is 13.2 Å². The van der Waals surface area contributed by atoms with E-state index in [9.17, 15) is 13.2 Å². The van der Waals surface area contributed by atoms with Crippen molar-refractivity contribution in [2.45, 2.75) is 55.1 Å². The second kappa shape index (κ2) is 8.53. The molecule has 0 bridgehead atoms. The number of carbonyl (C=O) groups is 1. The van der Waals surface area contributed by atoms with Gasteiger partial charge in [-0.15, -0.1) is 0 Å². The number of aromatic nitrogens is 1. The maximum Gasteiger partial charge on any atom is 0.259 e. The standard InChI is InChI=1S/C22H27N3O3S/c26-22(20-12-7-13-23-21(20)25-14-4-1-5-15-25)24-17-8-6-11-19(16-17)29(27,28)18-9-2-3-10-18/h6-8,11-13,16,18H,1-5,9-10,14-15H2,(H,24,26). The minimum atomic E-state index is -3.36. The molecular formula is C22H27N3O3S. The van der Waals surface area contributed by atoms with Gasteiger partial charge >= 0.3 is 0 Å². The van der Waals surface area contributed by atoms with E-state index in [0.29, 0.717) is 29.9 Å². The molecule has 0 radical (unpaired) electrons. The number of rotatable bonds is 5. The average Bonchev–Trinajstić information content (AvgIpc) is 3.30. The number of nitrogens with zero attached hydrogens (tertiary/aromatic N) is 2. The number of hydrogen-bond acceptors (Lipinski definition) is 5. The zero-order chi connectivity index (χ0) is 20.3. The minimum absolute atomic E-state index is 0.269. The Kier molecular flexibility index (Phi) is 5.85. The maximum absolute atomic E-state index is 13.0. The van der Waals surface area contributed by atoms with Gasteiger partial charge in [-0.2, -0.15) is 0 Å². The highest BCUT2D eigenvalue weighted by molar-refractivity contribution is 7.92. The molecule has 0 unspecified atom stereocenters. The van der Waals surface area contributed by atoms with E-state index in [0.717, 1.165) is 38.8 Å². The molecule has 2 fully saturated rings. The number of hydrogen-bond donors (Lipinski definition) is 1. The first kappa shape index (κ1) is 19.9. The summed E-state index contributed by atoms with van der Waals surface area (Å²) in [7, 11) is -3.36. The van der Waals surface area contributed by atoms with Gasteiger partial charge in [-0.3, -0.25) is 4.79 Å². The van der Waals surface area contributed by atoms with Crippen LogP contribution in [0.5, 0.6) is 0 Å². The van der Waals surface area contributed by atoms with Crippen LogP contribution in [0.3, 0.4) is 0 Å². The highest BCUT2D eigenvalue weighted by atomic mass is 32.2. The summed E-state index contributed by atoms with van der Waals surface area (Å²) >= 11 is 0. The largest absolute Gasteiger partial charge is 0.356 e. The Morgan fingerprint density at radius 3 is 2.52 bits per heavy atom. The van der Waals surface area contributed by atoms with E-state index in [1.807, 2.05) is 0 Å². The lowest BCUT2D eigenvalue weighted by molar-refractivity contribution is 0.102. The number of pyridine rings is 1. The number of carbonyl (C=O) groups excluding carboxylic acids is 1. The molecule has 0 atom stereocenters. The second-order valence-electron chi connectivity index (χ2n) is 7.86. The van der Waals surface area contributed by atoms with Gasteiger partial charge in [0.2, 0.25) is 0 Å². The van der Waals surface area contributed by atoms with Crippen LogP contribution < -0.4 is 10.2 Å². The molecule has 1 aromatic carbocycles. The molecule has 2 heterocycles. The lowest BCUT2D eigenvalue weighted by Crippen LogP contribution is -2.32. The van der Waals surface area contributed by atoms with Crippen molar-refractivity contribution >= 4 is 27.2 Å². The Bertz CT molecular complexity index is 978. The zero-order valence-corrected chi connectivity index (χ0v) is 17.3. The molecule has 1 amide bonds. The van der Waals surface area contributed by atoms with Gasteiger partial charge in [0.05, 0.1) is 15.7 Å². The number of nitrogens with one attached hydrogen (secondary N) is 1. The maximum atomic E-state index is 13.0. The van der Waals surface area contributed by atoms with E-state index in [4.69, 9.17) is 0 Å². The van der Waals surface area contributed by atoms with Crippen molar-refractivity contribution in [2.24, 2.45) is 0 Å². The van der Waals surface area contributed by atoms with Crippen LogP contribution in [0.15, 0.2) is 47.5 Å². The van der Waals surface area contributed by atoms with Crippen LogP contribution in [-0.2, 0) is 9.84 Å². The minimum Gasteiger partial charge on any atom is -0.356 e. The molecular weight excluding hydrogens is 386 g/mol. The lowest BCUT2D eigenvalue weighted by atomic mass is 10.1. The summed E-state index contributed by atoms with van der Waals surface area (Å²) in [5, 5.41) is 2.56. The first-order valence-corrected chi connectivity index (χ1v) is 12.0. The Balaban J connectivity index is 1.55. The molecule has 1 aliphatic heterocycles. The molecule has 7 heteroatoms. The van der Waals surface area contributed by atoms with Gasteiger partial charge in [0.15, 0.2) is 9.84 Å². The van der Waals surface area contributed by atoms with Crippen LogP contribution in [0.4, 0.5) is 11.5 Å². The summed E-state index contributed by atoms with van der Waals surface area (Å²) in [4.78, 5) is 19.8. The Labute approximate surface area is 172 Å².